The molecule has 2 aromatic heterocycles. The van der Waals surface area contributed by atoms with Crippen molar-refractivity contribution >= 4 is 17.5 Å². The third kappa shape index (κ3) is 4.36. The van der Waals surface area contributed by atoms with Crippen LogP contribution in [-0.4, -0.2) is 42.9 Å². The van der Waals surface area contributed by atoms with Gasteiger partial charge in [0, 0.05) is 19.0 Å². The summed E-state index contributed by atoms with van der Waals surface area (Å²) in [7, 11) is 1.85. The number of nitrogens with one attached hydrogen (secondary N) is 1. The number of anilines is 2. The predicted molar refractivity (Wildman–Crippen MR) is 122 cm³/mol. The van der Waals surface area contributed by atoms with Gasteiger partial charge in [0.05, 0.1) is 24.3 Å². The Morgan fingerprint density at radius 1 is 1.26 bits per heavy atom. The van der Waals surface area contributed by atoms with E-state index in [9.17, 15) is 23.1 Å². The van der Waals surface area contributed by atoms with E-state index < -0.39 is 23.8 Å². The molecule has 0 radical (unpaired) electrons. The number of hydrogen-bond acceptors (Lipinski definition) is 6. The summed E-state index contributed by atoms with van der Waals surface area (Å²) in [6.45, 7) is 1.78. The third-order valence-corrected chi connectivity index (χ3v) is 6.82. The van der Waals surface area contributed by atoms with Gasteiger partial charge in [-0.15, -0.1) is 10.2 Å². The molecule has 11 heteroatoms. The molecule has 0 bridgehead atoms. The fourth-order valence-corrected chi connectivity index (χ4v) is 4.54. The zero-order valence-electron chi connectivity index (χ0n) is 19.3. The molecule has 2 N–H and O–H groups in total. The number of hydrogen-bond donors (Lipinski definition) is 2. The van der Waals surface area contributed by atoms with E-state index in [0.29, 0.717) is 18.7 Å². The van der Waals surface area contributed by atoms with Gasteiger partial charge in [-0.3, -0.25) is 9.69 Å². The minimum absolute atomic E-state index is 0.0306. The maximum Gasteiger partial charge on any atom is 0.416 e. The molecule has 1 aromatic carbocycles. The lowest BCUT2D eigenvalue weighted by atomic mass is 9.89. The molecule has 8 nitrogen and oxygen atoms in total. The highest BCUT2D eigenvalue weighted by atomic mass is 19.4. The molecule has 1 fully saturated rings. The van der Waals surface area contributed by atoms with E-state index in [1.807, 2.05) is 24.6 Å². The monoisotopic (exact) mass is 486 g/mol. The Morgan fingerprint density at radius 2 is 2.06 bits per heavy atom. The van der Waals surface area contributed by atoms with Gasteiger partial charge in [0.25, 0.3) is 5.91 Å². The van der Waals surface area contributed by atoms with E-state index in [4.69, 9.17) is 0 Å². The van der Waals surface area contributed by atoms with Gasteiger partial charge in [0.15, 0.2) is 0 Å². The van der Waals surface area contributed by atoms with Gasteiger partial charge in [-0.25, -0.2) is 4.98 Å². The van der Waals surface area contributed by atoms with Crippen LogP contribution in [0.5, 0.6) is 0 Å². The number of amides is 1. The van der Waals surface area contributed by atoms with Crippen LogP contribution in [0.25, 0.3) is 0 Å². The molecule has 5 rings (SSSR count). The molecule has 1 aliphatic heterocycles. The third-order valence-electron chi connectivity index (χ3n) is 6.82. The number of halogens is 3. The van der Waals surface area contributed by atoms with Gasteiger partial charge in [-0.05, 0) is 54.2 Å². The van der Waals surface area contributed by atoms with Crippen LogP contribution in [0.15, 0.2) is 36.7 Å². The number of aliphatic hydroxyl groups is 1. The summed E-state index contributed by atoms with van der Waals surface area (Å²) in [5.41, 5.74) is 0.0130. The summed E-state index contributed by atoms with van der Waals surface area (Å²) in [6.07, 6.45) is -1.41. The maximum absolute atomic E-state index is 13.6. The molecule has 0 spiro atoms. The number of carbonyl (C=O) groups excluding carboxylic acids is 1. The number of carbonyl (C=O) groups is 1. The van der Waals surface area contributed by atoms with E-state index in [0.717, 1.165) is 23.9 Å². The first-order valence-electron chi connectivity index (χ1n) is 11.4. The molecule has 184 valence electrons. The topological polar surface area (TPSA) is 96.2 Å². The number of aryl methyl sites for hydroxylation is 1. The molecule has 1 aliphatic carbocycles. The van der Waals surface area contributed by atoms with Crippen molar-refractivity contribution in [1.82, 2.24) is 19.7 Å². The second kappa shape index (κ2) is 8.63. The van der Waals surface area contributed by atoms with Crippen molar-refractivity contribution in [1.29, 1.82) is 0 Å². The van der Waals surface area contributed by atoms with Gasteiger partial charge in [-0.1, -0.05) is 13.0 Å². The van der Waals surface area contributed by atoms with Crippen LogP contribution in [0.2, 0.25) is 0 Å². The van der Waals surface area contributed by atoms with Crippen LogP contribution >= 0.6 is 0 Å². The van der Waals surface area contributed by atoms with Crippen LogP contribution in [0.3, 0.4) is 0 Å². The van der Waals surface area contributed by atoms with Crippen molar-refractivity contribution in [2.45, 2.75) is 57.0 Å². The van der Waals surface area contributed by atoms with E-state index in [-0.39, 0.29) is 35.4 Å². The SMILES string of the molecule is C[C@H](Cc1nncn1C)c1cc(N[C@@H]2CC[C@@H]2O)nc(N2Cc3c(cccc3C(F)(F)F)C2=O)c1. The number of benzene rings is 1. The molecule has 3 heterocycles. The number of rotatable bonds is 6. The van der Waals surface area contributed by atoms with Crippen molar-refractivity contribution in [3.05, 3.63) is 64.7 Å². The molecular weight excluding hydrogens is 461 g/mol. The first-order valence-corrected chi connectivity index (χ1v) is 11.4. The summed E-state index contributed by atoms with van der Waals surface area (Å²) in [4.78, 5) is 19.0. The normalized spacial score (nSPS) is 20.5. The highest BCUT2D eigenvalue weighted by Gasteiger charge is 2.40. The van der Waals surface area contributed by atoms with Crippen molar-refractivity contribution in [2.75, 3.05) is 10.2 Å². The van der Waals surface area contributed by atoms with Crippen molar-refractivity contribution in [3.63, 3.8) is 0 Å². The molecular formula is C24H25F3N6O2. The molecule has 2 aliphatic rings. The average molecular weight is 486 g/mol. The Bertz CT molecular complexity index is 1270. The highest BCUT2D eigenvalue weighted by Crippen LogP contribution is 2.39. The minimum Gasteiger partial charge on any atom is -0.391 e. The first kappa shape index (κ1) is 23.3. The highest BCUT2D eigenvalue weighted by molar-refractivity contribution is 6.10. The Hall–Kier alpha value is -3.47. The standard InChI is InChI=1S/C24H25F3N6O2/c1-13(8-22-31-28-12-32(22)2)14-9-20(29-18-6-7-19(18)34)30-21(10-14)33-11-16-15(23(33)35)4-3-5-17(16)24(25,26)27/h3-5,9-10,12-13,18-19,34H,6-8,11H2,1-2H3,(H,29,30)/t13-,18-,19+/m1/s1. The second-order valence-electron chi connectivity index (χ2n) is 9.22. The molecule has 3 atom stereocenters. The number of alkyl halides is 3. The Labute approximate surface area is 199 Å². The Kier molecular flexibility index (Phi) is 5.74. The first-order chi connectivity index (χ1) is 16.6. The zero-order valence-corrected chi connectivity index (χ0v) is 19.3. The van der Waals surface area contributed by atoms with Crippen molar-refractivity contribution in [2.24, 2.45) is 7.05 Å². The molecule has 0 unspecified atom stereocenters. The fraction of sp³-hybridized carbons (Fsp3) is 0.417. The summed E-state index contributed by atoms with van der Waals surface area (Å²) < 4.78 is 42.6. The van der Waals surface area contributed by atoms with Crippen LogP contribution in [0.4, 0.5) is 24.8 Å². The zero-order chi connectivity index (χ0) is 24.9. The number of fused-ring (bicyclic) bond motifs is 1. The van der Waals surface area contributed by atoms with Gasteiger partial charge in [0.2, 0.25) is 0 Å². The van der Waals surface area contributed by atoms with E-state index >= 15 is 0 Å². The van der Waals surface area contributed by atoms with Gasteiger partial charge in [-0.2, -0.15) is 13.2 Å². The largest absolute Gasteiger partial charge is 0.416 e. The summed E-state index contributed by atoms with van der Waals surface area (Å²) in [5, 5.41) is 21.3. The Balaban J connectivity index is 1.50. The number of nitrogens with zero attached hydrogens (tertiary/aromatic N) is 5. The lowest BCUT2D eigenvalue weighted by molar-refractivity contribution is -0.138. The minimum atomic E-state index is -4.56. The van der Waals surface area contributed by atoms with Crippen molar-refractivity contribution < 1.29 is 23.1 Å². The predicted octanol–water partition coefficient (Wildman–Crippen LogP) is 3.67. The molecule has 35 heavy (non-hydrogen) atoms. The van der Waals surface area contributed by atoms with Crippen LogP contribution in [0, 0.1) is 0 Å². The average Bonchev–Trinajstić information content (AvgIpc) is 3.38. The molecule has 0 saturated heterocycles. The second-order valence-corrected chi connectivity index (χ2v) is 9.22. The Morgan fingerprint density at radius 3 is 2.69 bits per heavy atom. The number of pyridine rings is 1. The van der Waals surface area contributed by atoms with Crippen LogP contribution in [-0.2, 0) is 26.2 Å². The van der Waals surface area contributed by atoms with Gasteiger partial charge >= 0.3 is 6.18 Å². The summed E-state index contributed by atoms with van der Waals surface area (Å²) >= 11 is 0. The molecule has 3 aromatic rings. The smallest absolute Gasteiger partial charge is 0.391 e. The van der Waals surface area contributed by atoms with Gasteiger partial charge in [0.1, 0.15) is 23.8 Å². The lowest BCUT2D eigenvalue weighted by Gasteiger charge is -2.33. The fourth-order valence-electron chi connectivity index (χ4n) is 4.54. The van der Waals surface area contributed by atoms with E-state index in [1.54, 1.807) is 12.4 Å². The number of aromatic nitrogens is 4. The number of aliphatic hydroxyl groups excluding tert-OH is 1. The van der Waals surface area contributed by atoms with Crippen LogP contribution in [0.1, 0.15) is 58.6 Å². The van der Waals surface area contributed by atoms with Crippen molar-refractivity contribution in [3.8, 4) is 0 Å². The van der Waals surface area contributed by atoms with Gasteiger partial charge < -0.3 is 15.0 Å². The summed E-state index contributed by atoms with van der Waals surface area (Å²) in [6, 6.07) is 7.08. The molecule has 1 amide bonds. The van der Waals surface area contributed by atoms with Crippen LogP contribution < -0.4 is 10.2 Å². The van der Waals surface area contributed by atoms with E-state index in [1.165, 1.54) is 17.0 Å². The maximum atomic E-state index is 13.6. The molecule has 1 saturated carbocycles. The summed E-state index contributed by atoms with van der Waals surface area (Å²) in [5.74, 6) is 0.937. The quantitative estimate of drug-likeness (QED) is 0.552. The van der Waals surface area contributed by atoms with E-state index in [2.05, 4.69) is 20.5 Å². The lowest BCUT2D eigenvalue weighted by Crippen LogP contribution is -2.43.